The topological polar surface area (TPSA) is 123 Å². The second-order valence-electron chi connectivity index (χ2n) is 10.2. The first kappa shape index (κ1) is 36.2. The number of rotatable bonds is 13. The minimum absolute atomic E-state index is 0. The third-order valence-electron chi connectivity index (χ3n) is 7.00. The fourth-order valence-corrected chi connectivity index (χ4v) is 5.04. The van der Waals surface area contributed by atoms with Crippen molar-refractivity contribution in [2.24, 2.45) is 0 Å². The molecule has 2 N–H and O–H groups in total. The Labute approximate surface area is 290 Å². The summed E-state index contributed by atoms with van der Waals surface area (Å²) >= 11 is 3.38. The number of para-hydroxylation sites is 1. The van der Waals surface area contributed by atoms with Gasteiger partial charge < -0.3 is 34.9 Å². The molecule has 0 bridgehead atoms. The van der Waals surface area contributed by atoms with E-state index in [2.05, 4.69) is 26.6 Å². The molecule has 0 radical (unpaired) electrons. The van der Waals surface area contributed by atoms with Crippen LogP contribution in [-0.4, -0.2) is 80.1 Å². The fraction of sp³-hybridized carbons (Fsp3) is 0.323. The summed E-state index contributed by atoms with van der Waals surface area (Å²) in [5.41, 5.74) is 1.62. The van der Waals surface area contributed by atoms with Crippen molar-refractivity contribution in [1.82, 2.24) is 9.80 Å². The largest absolute Gasteiger partial charge is 1.00 e. The molecule has 1 aliphatic heterocycles. The minimum Gasteiger partial charge on any atom is -0.545 e. The SMILES string of the molecule is COc1cc(CC(=O)N(CCOc2ccc(C(=O)[O-])cc2)CCN2CCC(F)(F)C2)ccc1NC(=O)Nc1ccccc1Br.[Na+]. The summed E-state index contributed by atoms with van der Waals surface area (Å²) in [6, 6.07) is 17.4. The maximum Gasteiger partial charge on any atom is 1.00 e. The third-order valence-corrected chi connectivity index (χ3v) is 7.69. The van der Waals surface area contributed by atoms with Gasteiger partial charge in [0, 0.05) is 30.5 Å². The number of amides is 3. The van der Waals surface area contributed by atoms with Crippen molar-refractivity contribution in [2.75, 3.05) is 57.1 Å². The van der Waals surface area contributed by atoms with Crippen LogP contribution in [-0.2, 0) is 11.2 Å². The van der Waals surface area contributed by atoms with Crippen molar-refractivity contribution in [1.29, 1.82) is 0 Å². The van der Waals surface area contributed by atoms with Gasteiger partial charge in [0.1, 0.15) is 18.1 Å². The van der Waals surface area contributed by atoms with E-state index in [4.69, 9.17) is 9.47 Å². The Morgan fingerprint density at radius 2 is 1.73 bits per heavy atom. The second-order valence-corrected chi connectivity index (χ2v) is 11.0. The van der Waals surface area contributed by atoms with Gasteiger partial charge in [0.2, 0.25) is 5.91 Å². The number of alkyl halides is 2. The Hall–Kier alpha value is -3.23. The average molecular weight is 698 g/mol. The number of halogens is 3. The van der Waals surface area contributed by atoms with Crippen molar-refractivity contribution in [3.8, 4) is 11.5 Å². The van der Waals surface area contributed by atoms with Crippen molar-refractivity contribution in [3.05, 3.63) is 82.3 Å². The van der Waals surface area contributed by atoms with E-state index in [1.165, 1.54) is 31.4 Å². The molecule has 10 nitrogen and oxygen atoms in total. The summed E-state index contributed by atoms with van der Waals surface area (Å²) in [5.74, 6) is -3.52. The molecule has 0 saturated carbocycles. The molecule has 14 heteroatoms. The van der Waals surface area contributed by atoms with E-state index < -0.39 is 17.9 Å². The molecule has 0 aliphatic carbocycles. The van der Waals surface area contributed by atoms with Crippen LogP contribution in [0.1, 0.15) is 22.3 Å². The number of benzene rings is 3. The van der Waals surface area contributed by atoms with Crippen molar-refractivity contribution >= 4 is 45.2 Å². The van der Waals surface area contributed by atoms with Gasteiger partial charge in [-0.15, -0.1) is 0 Å². The number of carboxylic acids is 1. The maximum atomic E-state index is 13.7. The molecule has 0 aromatic heterocycles. The maximum absolute atomic E-state index is 13.7. The number of ether oxygens (including phenoxy) is 2. The Balaban J connectivity index is 0.00000552. The summed E-state index contributed by atoms with van der Waals surface area (Å²) in [6.07, 6.45) is -0.219. The van der Waals surface area contributed by atoms with Crippen molar-refractivity contribution in [2.45, 2.75) is 18.8 Å². The van der Waals surface area contributed by atoms with Gasteiger partial charge in [-0.05, 0) is 75.6 Å². The van der Waals surface area contributed by atoms with Gasteiger partial charge in [0.25, 0.3) is 5.92 Å². The summed E-state index contributed by atoms with van der Waals surface area (Å²) < 4.78 is 39.3. The molecule has 1 saturated heterocycles. The second kappa shape index (κ2) is 16.9. The zero-order chi connectivity index (χ0) is 31.7. The molecule has 3 amide bonds. The molecule has 234 valence electrons. The number of likely N-dealkylation sites (tertiary alicyclic amines) is 1. The third kappa shape index (κ3) is 11.0. The number of aromatic carboxylic acids is 1. The van der Waals surface area contributed by atoms with Gasteiger partial charge in [-0.1, -0.05) is 18.2 Å². The number of hydrogen-bond donors (Lipinski definition) is 2. The molecule has 0 unspecified atom stereocenters. The van der Waals surface area contributed by atoms with Crippen LogP contribution < -0.4 is 54.8 Å². The number of anilines is 2. The van der Waals surface area contributed by atoms with Gasteiger partial charge in [-0.25, -0.2) is 13.6 Å². The molecule has 1 heterocycles. The Morgan fingerprint density at radius 3 is 2.38 bits per heavy atom. The van der Waals surface area contributed by atoms with E-state index in [9.17, 15) is 28.3 Å². The molecule has 3 aromatic carbocycles. The predicted molar refractivity (Wildman–Crippen MR) is 162 cm³/mol. The number of urea groups is 1. The summed E-state index contributed by atoms with van der Waals surface area (Å²) in [4.78, 5) is 40.1. The molecule has 1 fully saturated rings. The number of nitrogens with zero attached hydrogens (tertiary/aromatic N) is 2. The van der Waals surface area contributed by atoms with E-state index in [0.29, 0.717) is 28.4 Å². The van der Waals surface area contributed by atoms with Gasteiger partial charge in [-0.2, -0.15) is 0 Å². The Morgan fingerprint density at radius 1 is 1.02 bits per heavy atom. The van der Waals surface area contributed by atoms with E-state index in [1.807, 2.05) is 6.07 Å². The summed E-state index contributed by atoms with van der Waals surface area (Å²) in [7, 11) is 1.45. The summed E-state index contributed by atoms with van der Waals surface area (Å²) in [6.45, 7) is 0.671. The van der Waals surface area contributed by atoms with Crippen molar-refractivity contribution in [3.63, 3.8) is 0 Å². The van der Waals surface area contributed by atoms with E-state index in [-0.39, 0.29) is 93.2 Å². The van der Waals surface area contributed by atoms with Crippen LogP contribution >= 0.6 is 15.9 Å². The average Bonchev–Trinajstić information content (AvgIpc) is 3.35. The van der Waals surface area contributed by atoms with Crippen LogP contribution in [0.25, 0.3) is 0 Å². The fourth-order valence-electron chi connectivity index (χ4n) is 4.66. The number of hydrogen-bond acceptors (Lipinski definition) is 7. The van der Waals surface area contributed by atoms with Gasteiger partial charge in [0.15, 0.2) is 0 Å². The zero-order valence-electron chi connectivity index (χ0n) is 25.0. The van der Waals surface area contributed by atoms with E-state index in [0.717, 1.165) is 4.47 Å². The minimum atomic E-state index is -2.74. The Bertz CT molecular complexity index is 1480. The normalized spacial score (nSPS) is 13.8. The molecule has 0 spiro atoms. The summed E-state index contributed by atoms with van der Waals surface area (Å²) in [5, 5.41) is 16.5. The monoisotopic (exact) mass is 696 g/mol. The molecular weight excluding hydrogens is 665 g/mol. The van der Waals surface area contributed by atoms with Crippen LogP contribution in [0.3, 0.4) is 0 Å². The first-order valence-electron chi connectivity index (χ1n) is 13.8. The van der Waals surface area contributed by atoms with Crippen molar-refractivity contribution < 1.29 is 67.3 Å². The van der Waals surface area contributed by atoms with Crippen LogP contribution in [0, 0.1) is 0 Å². The number of carboxylic acid groups (broad SMARTS) is 1. The van der Waals surface area contributed by atoms with Crippen LogP contribution in [0.2, 0.25) is 0 Å². The molecule has 0 atom stereocenters. The molecule has 4 rings (SSSR count). The Kier molecular flexibility index (Phi) is 13.6. The van der Waals surface area contributed by atoms with Gasteiger partial charge >= 0.3 is 35.6 Å². The number of carbonyl (C=O) groups excluding carboxylic acids is 3. The van der Waals surface area contributed by atoms with Crippen LogP contribution in [0.4, 0.5) is 25.0 Å². The quantitative estimate of drug-likeness (QED) is 0.258. The molecule has 1 aliphatic rings. The smallest absolute Gasteiger partial charge is 0.545 e. The van der Waals surface area contributed by atoms with Gasteiger partial charge in [0.05, 0.1) is 44.0 Å². The molecular formula is C31H32BrF2N4NaO6. The van der Waals surface area contributed by atoms with Crippen LogP contribution in [0.15, 0.2) is 71.2 Å². The number of nitrogens with one attached hydrogen (secondary N) is 2. The molecule has 45 heavy (non-hydrogen) atoms. The predicted octanol–water partition coefficient (Wildman–Crippen LogP) is 1.26. The van der Waals surface area contributed by atoms with Gasteiger partial charge in [-0.3, -0.25) is 9.69 Å². The number of methoxy groups -OCH3 is 1. The molecule has 3 aromatic rings. The van der Waals surface area contributed by atoms with E-state index in [1.54, 1.807) is 46.2 Å². The first-order chi connectivity index (χ1) is 21.0. The zero-order valence-corrected chi connectivity index (χ0v) is 28.6. The first-order valence-corrected chi connectivity index (χ1v) is 14.6. The van der Waals surface area contributed by atoms with Crippen LogP contribution in [0.5, 0.6) is 11.5 Å². The van der Waals surface area contributed by atoms with E-state index >= 15 is 0 Å². The standard InChI is InChI=1S/C31H33BrF2N4O6.Na/c1-43-27-18-21(6-11-26(27)36-30(42)35-25-5-3-2-4-24(25)32)19-28(39)38(15-14-37-13-12-31(33,34)20-37)16-17-44-23-9-7-22(8-10-23)29(40)41;/h2-11,18H,12-17,19-20H2,1H3,(H,40,41)(H2,35,36,42);/q;+1/p-1. The number of carbonyl (C=O) groups is 3.